The monoisotopic (exact) mass is 740 g/mol. The second kappa shape index (κ2) is 16.1. The lowest BCUT2D eigenvalue weighted by atomic mass is 9.87. The highest BCUT2D eigenvalue weighted by molar-refractivity contribution is 6.15. The molecule has 0 radical (unpaired) electrons. The molecule has 2 atom stereocenters. The number of rotatable bonds is 12. The van der Waals surface area contributed by atoms with Gasteiger partial charge in [0.05, 0.1) is 0 Å². The van der Waals surface area contributed by atoms with E-state index >= 15 is 0 Å². The normalized spacial score (nSPS) is 28.9. The first kappa shape index (κ1) is 39.7. The maximum Gasteiger partial charge on any atom is 0.348 e. The fourth-order valence-corrected chi connectivity index (χ4v) is 5.24. The Morgan fingerprint density at radius 3 is 1.92 bits per heavy atom. The first-order valence-electron chi connectivity index (χ1n) is 16.6. The molecule has 0 aromatic rings. The van der Waals surface area contributed by atoms with Crippen molar-refractivity contribution in [2.24, 2.45) is 5.92 Å². The molecule has 0 aromatic heterocycles. The summed E-state index contributed by atoms with van der Waals surface area (Å²) in [6.07, 6.45) is 14.5. The summed E-state index contributed by atoms with van der Waals surface area (Å²) in [5.74, 6) is -13.7. The minimum Gasteiger partial charge on any atom is -0.481 e. The van der Waals surface area contributed by atoms with Gasteiger partial charge in [0.15, 0.2) is 5.92 Å². The van der Waals surface area contributed by atoms with Crippen molar-refractivity contribution in [2.45, 2.75) is 89.4 Å². The van der Waals surface area contributed by atoms with Gasteiger partial charge in [-0.3, -0.25) is 9.59 Å². The number of esters is 6. The van der Waals surface area contributed by atoms with E-state index in [0.29, 0.717) is 6.42 Å². The third-order valence-corrected chi connectivity index (χ3v) is 8.48. The van der Waals surface area contributed by atoms with Gasteiger partial charge in [0.25, 0.3) is 35.0 Å². The Morgan fingerprint density at radius 1 is 0.811 bits per heavy atom. The summed E-state index contributed by atoms with van der Waals surface area (Å²) in [5.41, 5.74) is -0.628. The summed E-state index contributed by atoms with van der Waals surface area (Å²) in [7, 11) is 0. The minimum absolute atomic E-state index is 0.118. The van der Waals surface area contributed by atoms with E-state index in [-0.39, 0.29) is 37.7 Å². The van der Waals surface area contributed by atoms with E-state index < -0.39 is 82.3 Å². The molecule has 2 saturated heterocycles. The van der Waals surface area contributed by atoms with Crippen LogP contribution in [0, 0.1) is 5.92 Å². The molecule has 1 saturated carbocycles. The predicted molar refractivity (Wildman–Crippen MR) is 179 cm³/mol. The lowest BCUT2D eigenvalue weighted by Crippen LogP contribution is -2.57. The average molecular weight is 741 g/mol. The number of aliphatic hydroxyl groups is 2. The molecule has 16 nitrogen and oxygen atoms in total. The van der Waals surface area contributed by atoms with Crippen LogP contribution < -0.4 is 0 Å². The summed E-state index contributed by atoms with van der Waals surface area (Å²) < 4.78 is 42.6. The molecule has 3 fully saturated rings. The zero-order valence-electron chi connectivity index (χ0n) is 29.5. The number of carbonyl (C=O) groups is 6. The van der Waals surface area contributed by atoms with Crippen LogP contribution >= 0.6 is 0 Å². The molecule has 2 spiro atoms. The largest absolute Gasteiger partial charge is 0.481 e. The van der Waals surface area contributed by atoms with Gasteiger partial charge in [-0.1, -0.05) is 62.5 Å². The van der Waals surface area contributed by atoms with Crippen LogP contribution in [-0.4, -0.2) is 69.2 Å². The third-order valence-electron chi connectivity index (χ3n) is 8.48. The summed E-state index contributed by atoms with van der Waals surface area (Å²) >= 11 is 0. The van der Waals surface area contributed by atoms with Gasteiger partial charge in [-0.15, -0.1) is 0 Å². The van der Waals surface area contributed by atoms with E-state index in [4.69, 9.17) is 37.9 Å². The summed E-state index contributed by atoms with van der Waals surface area (Å²) in [6.45, 7) is 9.57. The van der Waals surface area contributed by atoms with Gasteiger partial charge in [0, 0.05) is 58.4 Å². The Morgan fingerprint density at radius 2 is 1.38 bits per heavy atom. The second-order valence-electron chi connectivity index (χ2n) is 12.5. The van der Waals surface area contributed by atoms with Crippen molar-refractivity contribution in [3.8, 4) is 0 Å². The molecule has 0 aromatic carbocycles. The van der Waals surface area contributed by atoms with Crippen molar-refractivity contribution in [3.05, 3.63) is 96.5 Å². The van der Waals surface area contributed by atoms with Crippen molar-refractivity contribution >= 4 is 35.8 Å². The number of aliphatic hydroxyl groups excluding tert-OH is 2. The highest BCUT2D eigenvalue weighted by atomic mass is 16.8. The Bertz CT molecular complexity index is 1710. The zero-order valence-corrected chi connectivity index (χ0v) is 29.5. The summed E-state index contributed by atoms with van der Waals surface area (Å²) in [4.78, 5) is 75.4. The van der Waals surface area contributed by atoms with Crippen LogP contribution in [0.3, 0.4) is 0 Å². The molecule has 2 unspecified atom stereocenters. The fraction of sp³-hybridized carbons (Fsp3) is 0.405. The highest BCUT2D eigenvalue weighted by Crippen LogP contribution is 2.45. The highest BCUT2D eigenvalue weighted by Gasteiger charge is 2.57. The molecule has 4 aliphatic rings. The van der Waals surface area contributed by atoms with Crippen LogP contribution in [0.2, 0.25) is 0 Å². The molecule has 3 aliphatic heterocycles. The van der Waals surface area contributed by atoms with E-state index in [9.17, 15) is 39.0 Å². The number of hydrogen-bond acceptors (Lipinski definition) is 16. The minimum atomic E-state index is -1.66. The maximum absolute atomic E-state index is 12.8. The zero-order chi connectivity index (χ0) is 39.0. The Hall–Kier alpha value is -6.06. The molecule has 3 heterocycles. The first-order valence-corrected chi connectivity index (χ1v) is 16.6. The van der Waals surface area contributed by atoms with E-state index in [2.05, 4.69) is 6.58 Å². The maximum atomic E-state index is 12.8. The molecular weight excluding hydrogens is 700 g/mol. The Kier molecular flexibility index (Phi) is 12.1. The third kappa shape index (κ3) is 9.84. The molecule has 4 rings (SSSR count). The molecule has 16 heteroatoms. The summed E-state index contributed by atoms with van der Waals surface area (Å²) in [5, 5.41) is 19.3. The fourth-order valence-electron chi connectivity index (χ4n) is 5.24. The predicted octanol–water partition coefficient (Wildman–Crippen LogP) is 4.66. The molecular formula is C37H40O16. The van der Waals surface area contributed by atoms with Crippen LogP contribution in [0.4, 0.5) is 0 Å². The number of ether oxygens (including phenoxy) is 8. The molecule has 1 aliphatic carbocycles. The Labute approximate surface area is 304 Å². The topological polar surface area (TPSA) is 217 Å². The smallest absolute Gasteiger partial charge is 0.348 e. The van der Waals surface area contributed by atoms with Gasteiger partial charge in [-0.25, -0.2) is 19.2 Å². The van der Waals surface area contributed by atoms with Gasteiger partial charge >= 0.3 is 35.8 Å². The van der Waals surface area contributed by atoms with E-state index in [1.807, 2.05) is 0 Å². The molecule has 0 amide bonds. The standard InChI is InChI=1S/C37H40O16/c1-6-34(4,46-23(3)38)47-27(39)18-14-9-8-11-15-25-30(42)50-36(51-31(25)43)19-21-37(22-20-36)52-32(44)26(33(45)53-37)17-13-10-12-16-24-28(40)48-35(5,7-2)49-29(24)41/h8-18,25,38,40H,3,6-7,19-22H2,1-2,4-5H3/b9-8+,13-10+,15-11+,16-12+,18-14-,26-17?. The number of allylic oxidation sites excluding steroid dienone is 8. The Balaban J connectivity index is 1.27. The van der Waals surface area contributed by atoms with Crippen LogP contribution in [0.25, 0.3) is 0 Å². The van der Waals surface area contributed by atoms with Crippen LogP contribution in [-0.2, 0) is 66.7 Å². The molecule has 284 valence electrons. The number of hydrogen-bond donors (Lipinski definition) is 2. The van der Waals surface area contributed by atoms with E-state index in [1.54, 1.807) is 13.8 Å². The van der Waals surface area contributed by atoms with Crippen LogP contribution in [0.15, 0.2) is 96.5 Å². The van der Waals surface area contributed by atoms with Gasteiger partial charge in [-0.2, -0.15) is 0 Å². The van der Waals surface area contributed by atoms with Crippen molar-refractivity contribution in [1.29, 1.82) is 0 Å². The van der Waals surface area contributed by atoms with Gasteiger partial charge in [0.1, 0.15) is 11.1 Å². The lowest BCUT2D eigenvalue weighted by Gasteiger charge is -2.46. The SMILES string of the molecule is C=C(O)OC(C)(CC)OC(=O)\C=C/C=C/C=C/C1C(=O)OC2(CCC3(CC2)OC(=O)C(=C/C=C/C=C/C2=C(O)OC(C)(CC)OC2=O)C(=O)O3)OC1=O. The van der Waals surface area contributed by atoms with Crippen LogP contribution in [0.5, 0.6) is 0 Å². The van der Waals surface area contributed by atoms with E-state index in [1.165, 1.54) is 68.5 Å². The van der Waals surface area contributed by atoms with Crippen molar-refractivity contribution in [1.82, 2.24) is 0 Å². The van der Waals surface area contributed by atoms with E-state index in [0.717, 1.165) is 12.2 Å². The second-order valence-corrected chi connectivity index (χ2v) is 12.5. The summed E-state index contributed by atoms with van der Waals surface area (Å²) in [6, 6.07) is 0. The van der Waals surface area contributed by atoms with Gasteiger partial charge in [-0.05, 0) is 18.7 Å². The number of carbonyl (C=O) groups excluding carboxylic acids is 6. The molecule has 0 bridgehead atoms. The average Bonchev–Trinajstić information content (AvgIpc) is 3.07. The molecule has 53 heavy (non-hydrogen) atoms. The quantitative estimate of drug-likeness (QED) is 0.0406. The molecule has 2 N–H and O–H groups in total. The first-order chi connectivity index (χ1) is 25.0. The van der Waals surface area contributed by atoms with Crippen molar-refractivity contribution < 1.29 is 76.9 Å². The van der Waals surface area contributed by atoms with Crippen molar-refractivity contribution in [2.75, 3.05) is 0 Å². The lowest BCUT2D eigenvalue weighted by molar-refractivity contribution is -0.297. The van der Waals surface area contributed by atoms with Gasteiger partial charge in [0.2, 0.25) is 0 Å². The van der Waals surface area contributed by atoms with Crippen LogP contribution in [0.1, 0.15) is 66.2 Å². The van der Waals surface area contributed by atoms with Crippen molar-refractivity contribution in [3.63, 3.8) is 0 Å². The van der Waals surface area contributed by atoms with Gasteiger partial charge < -0.3 is 48.1 Å². The number of cyclic esters (lactones) is 1.